The van der Waals surface area contributed by atoms with Crippen LogP contribution in [0.1, 0.15) is 33.1 Å². The number of hydrogen-bond acceptors (Lipinski definition) is 2. The molecule has 1 fully saturated rings. The van der Waals surface area contributed by atoms with Gasteiger partial charge in [0.25, 0.3) is 0 Å². The van der Waals surface area contributed by atoms with Gasteiger partial charge in [0.15, 0.2) is 0 Å². The van der Waals surface area contributed by atoms with Crippen molar-refractivity contribution in [3.8, 4) is 0 Å². The molecule has 1 saturated carbocycles. The topological polar surface area (TPSA) is 29.3 Å². The highest BCUT2D eigenvalue weighted by atomic mass is 15.2. The first-order chi connectivity index (χ1) is 5.15. The van der Waals surface area contributed by atoms with Gasteiger partial charge in [-0.3, -0.25) is 0 Å². The lowest BCUT2D eigenvalue weighted by molar-refractivity contribution is 0.100. The van der Waals surface area contributed by atoms with Gasteiger partial charge in [-0.25, -0.2) is 0 Å². The lowest BCUT2D eigenvalue weighted by atomic mass is 9.86. The molecule has 0 aliphatic heterocycles. The van der Waals surface area contributed by atoms with E-state index in [4.69, 9.17) is 5.73 Å². The van der Waals surface area contributed by atoms with Gasteiger partial charge < -0.3 is 10.6 Å². The van der Waals surface area contributed by atoms with Gasteiger partial charge in [0, 0.05) is 18.1 Å². The van der Waals surface area contributed by atoms with Gasteiger partial charge in [-0.1, -0.05) is 6.92 Å². The molecule has 2 nitrogen and oxygen atoms in total. The molecule has 11 heavy (non-hydrogen) atoms. The minimum Gasteiger partial charge on any atom is -0.328 e. The van der Waals surface area contributed by atoms with E-state index in [1.54, 1.807) is 0 Å². The van der Waals surface area contributed by atoms with Gasteiger partial charge in [-0.2, -0.15) is 0 Å². The van der Waals surface area contributed by atoms with Gasteiger partial charge in [0.2, 0.25) is 0 Å². The van der Waals surface area contributed by atoms with E-state index >= 15 is 0 Å². The SMILES string of the molecule is CCC(C)N(C)C1CC(N)C1. The molecule has 1 aliphatic rings. The van der Waals surface area contributed by atoms with Crippen molar-refractivity contribution in [3.63, 3.8) is 0 Å². The Bertz CT molecular complexity index is 119. The molecule has 0 heterocycles. The highest BCUT2D eigenvalue weighted by Crippen LogP contribution is 2.24. The van der Waals surface area contributed by atoms with E-state index in [-0.39, 0.29) is 0 Å². The summed E-state index contributed by atoms with van der Waals surface area (Å²) in [7, 11) is 2.21. The summed E-state index contributed by atoms with van der Waals surface area (Å²) in [4.78, 5) is 2.46. The normalized spacial score (nSPS) is 33.5. The summed E-state index contributed by atoms with van der Waals surface area (Å²) < 4.78 is 0. The van der Waals surface area contributed by atoms with Gasteiger partial charge in [-0.05, 0) is 33.2 Å². The molecule has 0 spiro atoms. The fourth-order valence-electron chi connectivity index (χ4n) is 1.61. The first-order valence-electron chi connectivity index (χ1n) is 4.62. The molecule has 1 rings (SSSR count). The van der Waals surface area contributed by atoms with E-state index in [2.05, 4.69) is 25.8 Å². The summed E-state index contributed by atoms with van der Waals surface area (Å²) in [5.74, 6) is 0. The molecular weight excluding hydrogens is 136 g/mol. The molecule has 1 unspecified atom stereocenters. The first kappa shape index (κ1) is 9.01. The maximum atomic E-state index is 5.72. The van der Waals surface area contributed by atoms with Gasteiger partial charge >= 0.3 is 0 Å². The fourth-order valence-corrected chi connectivity index (χ4v) is 1.61. The summed E-state index contributed by atoms with van der Waals surface area (Å²) in [5, 5.41) is 0. The van der Waals surface area contributed by atoms with E-state index in [9.17, 15) is 0 Å². The molecule has 0 bridgehead atoms. The average Bonchev–Trinajstić information content (AvgIpc) is 1.96. The summed E-state index contributed by atoms with van der Waals surface area (Å²) in [6.07, 6.45) is 3.63. The third-order valence-corrected chi connectivity index (χ3v) is 3.01. The zero-order chi connectivity index (χ0) is 8.43. The van der Waals surface area contributed by atoms with Gasteiger partial charge in [0.1, 0.15) is 0 Å². The second-order valence-corrected chi connectivity index (χ2v) is 3.81. The Morgan fingerprint density at radius 3 is 2.45 bits per heavy atom. The standard InChI is InChI=1S/C9H20N2/c1-4-7(2)11(3)9-5-8(10)6-9/h7-9H,4-6,10H2,1-3H3. The molecule has 0 aromatic heterocycles. The quantitative estimate of drug-likeness (QED) is 0.665. The molecule has 0 aromatic rings. The van der Waals surface area contributed by atoms with E-state index in [0.717, 1.165) is 6.04 Å². The van der Waals surface area contributed by atoms with Crippen LogP contribution < -0.4 is 5.73 Å². The van der Waals surface area contributed by atoms with Crippen molar-refractivity contribution in [3.05, 3.63) is 0 Å². The Labute approximate surface area is 69.8 Å². The molecule has 2 heteroatoms. The zero-order valence-corrected chi connectivity index (χ0v) is 7.88. The van der Waals surface area contributed by atoms with Crippen molar-refractivity contribution in [2.75, 3.05) is 7.05 Å². The first-order valence-corrected chi connectivity index (χ1v) is 4.62. The summed E-state index contributed by atoms with van der Waals surface area (Å²) >= 11 is 0. The van der Waals surface area contributed by atoms with E-state index in [1.165, 1.54) is 19.3 Å². The Kier molecular flexibility index (Phi) is 2.90. The number of nitrogens with zero attached hydrogens (tertiary/aromatic N) is 1. The van der Waals surface area contributed by atoms with Crippen LogP contribution in [-0.2, 0) is 0 Å². The van der Waals surface area contributed by atoms with Crippen LogP contribution in [-0.4, -0.2) is 30.1 Å². The van der Waals surface area contributed by atoms with Crippen LogP contribution >= 0.6 is 0 Å². The van der Waals surface area contributed by atoms with Crippen LogP contribution in [0.25, 0.3) is 0 Å². The Balaban J connectivity index is 2.25. The minimum absolute atomic E-state index is 0.478. The number of nitrogens with two attached hydrogens (primary N) is 1. The molecular formula is C9H20N2. The molecule has 66 valence electrons. The van der Waals surface area contributed by atoms with E-state index in [1.807, 2.05) is 0 Å². The van der Waals surface area contributed by atoms with Crippen LogP contribution in [0, 0.1) is 0 Å². The van der Waals surface area contributed by atoms with Crippen molar-refractivity contribution >= 4 is 0 Å². The zero-order valence-electron chi connectivity index (χ0n) is 7.88. The van der Waals surface area contributed by atoms with Gasteiger partial charge in [0.05, 0.1) is 0 Å². The van der Waals surface area contributed by atoms with Crippen LogP contribution in [0.4, 0.5) is 0 Å². The van der Waals surface area contributed by atoms with Crippen LogP contribution in [0.5, 0.6) is 0 Å². The van der Waals surface area contributed by atoms with Crippen LogP contribution in [0.15, 0.2) is 0 Å². The molecule has 0 saturated heterocycles. The molecule has 0 aromatic carbocycles. The Morgan fingerprint density at radius 2 is 2.09 bits per heavy atom. The smallest absolute Gasteiger partial charge is 0.0124 e. The monoisotopic (exact) mass is 156 g/mol. The van der Waals surface area contributed by atoms with Crippen molar-refractivity contribution in [1.29, 1.82) is 0 Å². The van der Waals surface area contributed by atoms with Crippen molar-refractivity contribution in [2.45, 2.75) is 51.2 Å². The number of hydrogen-bond donors (Lipinski definition) is 1. The fraction of sp³-hybridized carbons (Fsp3) is 1.00. The second-order valence-electron chi connectivity index (χ2n) is 3.81. The largest absolute Gasteiger partial charge is 0.328 e. The number of rotatable bonds is 3. The van der Waals surface area contributed by atoms with Gasteiger partial charge in [-0.15, -0.1) is 0 Å². The lowest BCUT2D eigenvalue weighted by Crippen LogP contribution is -2.51. The molecule has 2 N–H and O–H groups in total. The third-order valence-electron chi connectivity index (χ3n) is 3.01. The molecule has 0 amide bonds. The van der Waals surface area contributed by atoms with Crippen molar-refractivity contribution < 1.29 is 0 Å². The maximum Gasteiger partial charge on any atom is 0.0124 e. The summed E-state index contributed by atoms with van der Waals surface area (Å²) in [5.41, 5.74) is 5.72. The van der Waals surface area contributed by atoms with E-state index in [0.29, 0.717) is 12.1 Å². The average molecular weight is 156 g/mol. The van der Waals surface area contributed by atoms with E-state index < -0.39 is 0 Å². The van der Waals surface area contributed by atoms with Crippen molar-refractivity contribution in [2.24, 2.45) is 5.73 Å². The van der Waals surface area contributed by atoms with Crippen LogP contribution in [0.2, 0.25) is 0 Å². The molecule has 1 atom stereocenters. The summed E-state index contributed by atoms with van der Waals surface area (Å²) in [6.45, 7) is 4.52. The highest BCUT2D eigenvalue weighted by Gasteiger charge is 2.30. The predicted octanol–water partition coefficient (Wildman–Crippen LogP) is 1.21. The third kappa shape index (κ3) is 1.94. The van der Waals surface area contributed by atoms with Crippen molar-refractivity contribution in [1.82, 2.24) is 4.90 Å². The predicted molar refractivity (Wildman–Crippen MR) is 48.5 cm³/mol. The van der Waals surface area contributed by atoms with Crippen LogP contribution in [0.3, 0.4) is 0 Å². The minimum atomic E-state index is 0.478. The summed E-state index contributed by atoms with van der Waals surface area (Å²) in [6, 6.07) is 1.96. The highest BCUT2D eigenvalue weighted by molar-refractivity contribution is 4.89. The second kappa shape index (κ2) is 3.55. The molecule has 0 radical (unpaired) electrons. The maximum absolute atomic E-state index is 5.72. The lowest BCUT2D eigenvalue weighted by Gasteiger charge is -2.42. The Hall–Kier alpha value is -0.0800. The Morgan fingerprint density at radius 1 is 1.55 bits per heavy atom. The molecule has 1 aliphatic carbocycles.